The molecule has 2 aliphatic rings. The van der Waals surface area contributed by atoms with Crippen molar-refractivity contribution in [2.75, 3.05) is 4.90 Å². The topological polar surface area (TPSA) is 21.3 Å². The maximum absolute atomic E-state index is 6.59. The standard InChI is InChI=1S/C73H46N2O/c1-2-16-49(17-3-1)56-25-15-26-63-64-45-51(36-43-71(64)76-72(56)63)48-34-39-53(40-35-48)74(52-37-32-47(33-38-52)50-18-14-19-54(44-50)75-69-30-12-7-23-61(69)62-24-8-13-31-70(62)75)55-41-42-60-59-22-6-11-29-67(59)73(68(60)46-55)65-27-9-4-20-57(65)58-21-5-10-28-66(58)73/h1-46H. The second-order valence-electron chi connectivity index (χ2n) is 20.3. The van der Waals surface area contributed by atoms with Crippen molar-refractivity contribution in [3.05, 3.63) is 301 Å². The number of furan rings is 1. The van der Waals surface area contributed by atoms with E-state index in [4.69, 9.17) is 4.42 Å². The molecule has 3 nitrogen and oxygen atoms in total. The van der Waals surface area contributed by atoms with Crippen molar-refractivity contribution in [2.24, 2.45) is 0 Å². The van der Waals surface area contributed by atoms with Crippen LogP contribution in [-0.4, -0.2) is 4.57 Å². The van der Waals surface area contributed by atoms with E-state index in [1.54, 1.807) is 0 Å². The van der Waals surface area contributed by atoms with Crippen LogP contribution in [0.2, 0.25) is 0 Å². The van der Waals surface area contributed by atoms with E-state index in [9.17, 15) is 0 Å². The SMILES string of the molecule is c1ccc(-c2cccc3c2oc2ccc(-c4ccc(N(c5ccc(-c6cccc(-n7c8ccccc8c8ccccc87)c6)cc5)c5ccc6c(c5)C5(c7ccccc7-c7ccccc75)c5ccccc5-6)cc4)cc23)cc1. The first-order valence-corrected chi connectivity index (χ1v) is 26.2. The molecule has 0 fully saturated rings. The smallest absolute Gasteiger partial charge is 0.143 e. The van der Waals surface area contributed by atoms with E-state index in [1.165, 1.54) is 66.3 Å². The summed E-state index contributed by atoms with van der Waals surface area (Å²) in [6.07, 6.45) is 0. The lowest BCUT2D eigenvalue weighted by atomic mass is 9.70. The molecule has 0 aliphatic heterocycles. The molecule has 354 valence electrons. The summed E-state index contributed by atoms with van der Waals surface area (Å²) in [5, 5.41) is 4.75. The van der Waals surface area contributed by atoms with E-state index >= 15 is 0 Å². The Kier molecular flexibility index (Phi) is 9.25. The molecule has 1 spiro atoms. The Bertz CT molecular complexity index is 4520. The van der Waals surface area contributed by atoms with Gasteiger partial charge < -0.3 is 13.9 Å². The summed E-state index contributed by atoms with van der Waals surface area (Å²) in [6, 6.07) is 102. The lowest BCUT2D eigenvalue weighted by molar-refractivity contribution is 0.670. The van der Waals surface area contributed by atoms with Gasteiger partial charge in [0.25, 0.3) is 0 Å². The molecule has 0 bridgehead atoms. The summed E-state index contributed by atoms with van der Waals surface area (Å²) < 4.78 is 8.98. The number of hydrogen-bond donors (Lipinski definition) is 0. The average Bonchev–Trinajstić information content (AvgIpc) is 4.42. The Hall–Kier alpha value is -9.96. The largest absolute Gasteiger partial charge is 0.455 e. The predicted octanol–water partition coefficient (Wildman–Crippen LogP) is 19.5. The molecule has 0 radical (unpaired) electrons. The van der Waals surface area contributed by atoms with Crippen LogP contribution in [0.15, 0.2) is 283 Å². The maximum atomic E-state index is 6.59. The Balaban J connectivity index is 0.833. The summed E-state index contributed by atoms with van der Waals surface area (Å²) in [5.74, 6) is 0. The second kappa shape index (κ2) is 16.5. The zero-order valence-corrected chi connectivity index (χ0v) is 41.4. The van der Waals surface area contributed by atoms with E-state index in [0.717, 1.165) is 78.1 Å². The van der Waals surface area contributed by atoms with Crippen LogP contribution in [0.3, 0.4) is 0 Å². The van der Waals surface area contributed by atoms with E-state index < -0.39 is 5.41 Å². The molecule has 0 saturated heterocycles. The molecule has 0 unspecified atom stereocenters. The van der Waals surface area contributed by atoms with Crippen LogP contribution in [0.1, 0.15) is 22.3 Å². The first-order valence-electron chi connectivity index (χ1n) is 26.2. The minimum atomic E-state index is -0.465. The summed E-state index contributed by atoms with van der Waals surface area (Å²) in [7, 11) is 0. The molecule has 0 saturated carbocycles. The zero-order valence-electron chi connectivity index (χ0n) is 41.4. The number of fused-ring (bicyclic) bond motifs is 16. The molecule has 2 heterocycles. The van der Waals surface area contributed by atoms with Crippen LogP contribution in [-0.2, 0) is 5.41 Å². The highest BCUT2D eigenvalue weighted by atomic mass is 16.3. The van der Waals surface area contributed by atoms with Crippen molar-refractivity contribution >= 4 is 60.8 Å². The molecule has 76 heavy (non-hydrogen) atoms. The number of nitrogens with zero attached hydrogens (tertiary/aromatic N) is 2. The van der Waals surface area contributed by atoms with Crippen LogP contribution in [0.4, 0.5) is 17.1 Å². The molecule has 0 N–H and O–H groups in total. The van der Waals surface area contributed by atoms with Crippen LogP contribution < -0.4 is 4.90 Å². The molecule has 0 atom stereocenters. The highest BCUT2D eigenvalue weighted by Gasteiger charge is 2.51. The number of anilines is 3. The van der Waals surface area contributed by atoms with Gasteiger partial charge in [0.05, 0.1) is 16.4 Å². The molecule has 3 heteroatoms. The normalized spacial score (nSPS) is 12.8. The summed E-state index contributed by atoms with van der Waals surface area (Å²) in [6.45, 7) is 0. The fourth-order valence-electron chi connectivity index (χ4n) is 13.1. The number of benzene rings is 12. The molecular formula is C73H46N2O. The van der Waals surface area contributed by atoms with Crippen molar-refractivity contribution in [1.82, 2.24) is 4.57 Å². The number of rotatable bonds is 7. The van der Waals surface area contributed by atoms with Crippen molar-refractivity contribution in [1.29, 1.82) is 0 Å². The summed E-state index contributed by atoms with van der Waals surface area (Å²) in [4.78, 5) is 2.43. The molecule has 12 aromatic carbocycles. The Morgan fingerprint density at radius 3 is 1.39 bits per heavy atom. The Labute approximate surface area is 440 Å². The third-order valence-electron chi connectivity index (χ3n) is 16.4. The van der Waals surface area contributed by atoms with Crippen LogP contribution in [0, 0.1) is 0 Å². The molecule has 2 aromatic heterocycles. The van der Waals surface area contributed by atoms with E-state index in [0.29, 0.717) is 0 Å². The minimum Gasteiger partial charge on any atom is -0.455 e. The average molecular weight is 967 g/mol. The summed E-state index contributed by atoms with van der Waals surface area (Å²) >= 11 is 0. The maximum Gasteiger partial charge on any atom is 0.143 e. The van der Waals surface area contributed by atoms with Crippen molar-refractivity contribution in [3.8, 4) is 61.3 Å². The van der Waals surface area contributed by atoms with Gasteiger partial charge in [0.1, 0.15) is 11.2 Å². The Morgan fingerprint density at radius 1 is 0.289 bits per heavy atom. The van der Waals surface area contributed by atoms with Crippen LogP contribution in [0.5, 0.6) is 0 Å². The van der Waals surface area contributed by atoms with Gasteiger partial charge in [-0.1, -0.05) is 206 Å². The number of aromatic nitrogens is 1. The van der Waals surface area contributed by atoms with Gasteiger partial charge >= 0.3 is 0 Å². The zero-order chi connectivity index (χ0) is 49.9. The fourth-order valence-corrected chi connectivity index (χ4v) is 13.1. The van der Waals surface area contributed by atoms with Gasteiger partial charge in [-0.15, -0.1) is 0 Å². The third kappa shape index (κ3) is 6.17. The van der Waals surface area contributed by atoms with Gasteiger partial charge in [-0.25, -0.2) is 0 Å². The number of hydrogen-bond acceptors (Lipinski definition) is 2. The molecule has 14 aromatic rings. The van der Waals surface area contributed by atoms with Gasteiger partial charge in [-0.2, -0.15) is 0 Å². The highest BCUT2D eigenvalue weighted by molar-refractivity contribution is 6.11. The Morgan fingerprint density at radius 2 is 0.763 bits per heavy atom. The van der Waals surface area contributed by atoms with Gasteiger partial charge in [0, 0.05) is 49.9 Å². The quantitative estimate of drug-likeness (QED) is 0.159. The molecule has 2 aliphatic carbocycles. The molecule has 16 rings (SSSR count). The van der Waals surface area contributed by atoms with Crippen LogP contribution >= 0.6 is 0 Å². The van der Waals surface area contributed by atoms with E-state index in [-0.39, 0.29) is 0 Å². The highest BCUT2D eigenvalue weighted by Crippen LogP contribution is 2.63. The first-order chi connectivity index (χ1) is 37.7. The van der Waals surface area contributed by atoms with Gasteiger partial charge in [0.15, 0.2) is 0 Å². The molecule has 0 amide bonds. The van der Waals surface area contributed by atoms with Crippen molar-refractivity contribution in [3.63, 3.8) is 0 Å². The van der Waals surface area contributed by atoms with E-state index in [2.05, 4.69) is 289 Å². The van der Waals surface area contributed by atoms with Crippen molar-refractivity contribution < 1.29 is 4.42 Å². The number of para-hydroxylation sites is 3. The fraction of sp³-hybridized carbons (Fsp3) is 0.0137. The first kappa shape index (κ1) is 42.5. The minimum absolute atomic E-state index is 0.465. The van der Waals surface area contributed by atoms with Crippen LogP contribution in [0.25, 0.3) is 105 Å². The third-order valence-corrected chi connectivity index (χ3v) is 16.4. The predicted molar refractivity (Wildman–Crippen MR) is 315 cm³/mol. The van der Waals surface area contributed by atoms with Gasteiger partial charge in [-0.3, -0.25) is 0 Å². The van der Waals surface area contributed by atoms with Gasteiger partial charge in [-0.05, 0) is 145 Å². The summed E-state index contributed by atoms with van der Waals surface area (Å²) in [5.41, 5.74) is 25.5. The van der Waals surface area contributed by atoms with Crippen molar-refractivity contribution in [2.45, 2.75) is 5.41 Å². The van der Waals surface area contributed by atoms with E-state index in [1.807, 2.05) is 0 Å². The van der Waals surface area contributed by atoms with Gasteiger partial charge in [0.2, 0.25) is 0 Å². The monoisotopic (exact) mass is 966 g/mol. The lowest BCUT2D eigenvalue weighted by Crippen LogP contribution is -2.26. The second-order valence-corrected chi connectivity index (χ2v) is 20.3. The lowest BCUT2D eigenvalue weighted by Gasteiger charge is -2.32. The molecular weight excluding hydrogens is 921 g/mol.